The lowest BCUT2D eigenvalue weighted by Gasteiger charge is -2.09. The summed E-state index contributed by atoms with van der Waals surface area (Å²) >= 11 is 4.36. The Labute approximate surface area is 194 Å². The highest BCUT2D eigenvalue weighted by Crippen LogP contribution is 2.31. The summed E-state index contributed by atoms with van der Waals surface area (Å²) in [5, 5.41) is 0. The molecule has 0 saturated carbocycles. The van der Waals surface area contributed by atoms with Gasteiger partial charge in [0, 0.05) is 5.75 Å². The van der Waals surface area contributed by atoms with Crippen LogP contribution in [0.15, 0.2) is 72.5 Å². The number of hydrogen-bond acceptors (Lipinski definition) is 7. The van der Waals surface area contributed by atoms with Crippen LogP contribution in [-0.2, 0) is 0 Å². The Morgan fingerprint density at radius 1 is 0.697 bits per heavy atom. The first kappa shape index (κ1) is 19.7. The van der Waals surface area contributed by atoms with Crippen LogP contribution in [0.4, 0.5) is 0 Å². The summed E-state index contributed by atoms with van der Waals surface area (Å²) in [5.74, 6) is 0.654. The van der Waals surface area contributed by atoms with Crippen molar-refractivity contribution < 1.29 is 0 Å². The number of rotatable bonds is 3. The molecule has 0 saturated heterocycles. The van der Waals surface area contributed by atoms with Crippen LogP contribution >= 0.6 is 12.6 Å². The maximum absolute atomic E-state index is 4.92. The minimum absolute atomic E-state index is 0.654. The van der Waals surface area contributed by atoms with Gasteiger partial charge in [0.1, 0.15) is 33.1 Å². The average Bonchev–Trinajstić information content (AvgIpc) is 2.87. The number of fused-ring (bicyclic) bond motifs is 8. The zero-order chi connectivity index (χ0) is 22.4. The van der Waals surface area contributed by atoms with Gasteiger partial charge < -0.3 is 0 Å². The number of allylic oxidation sites excluding steroid dienone is 2. The van der Waals surface area contributed by atoms with Crippen molar-refractivity contribution >= 4 is 73.9 Å². The van der Waals surface area contributed by atoms with Gasteiger partial charge in [0.15, 0.2) is 0 Å². The van der Waals surface area contributed by atoms with E-state index in [0.717, 1.165) is 33.3 Å². The van der Waals surface area contributed by atoms with Crippen molar-refractivity contribution in [3.05, 3.63) is 78.1 Å². The molecule has 6 aromatic rings. The molecule has 6 nitrogen and oxygen atoms in total. The number of thiol groups is 1. The molecule has 0 unspecified atom stereocenters. The molecule has 0 amide bonds. The summed E-state index contributed by atoms with van der Waals surface area (Å²) in [7, 11) is 0. The van der Waals surface area contributed by atoms with Crippen molar-refractivity contribution in [2.45, 2.75) is 6.92 Å². The first-order valence-corrected chi connectivity index (χ1v) is 11.2. The van der Waals surface area contributed by atoms with Gasteiger partial charge in [-0.15, -0.1) is 0 Å². The summed E-state index contributed by atoms with van der Waals surface area (Å²) in [4.78, 5) is 29.3. The molecule has 0 aliphatic heterocycles. The van der Waals surface area contributed by atoms with Gasteiger partial charge in [-0.2, -0.15) is 12.6 Å². The molecule has 3 aromatic heterocycles. The van der Waals surface area contributed by atoms with Crippen LogP contribution in [0, 0.1) is 0 Å². The van der Waals surface area contributed by atoms with Crippen LogP contribution in [-0.4, -0.2) is 35.7 Å². The van der Waals surface area contributed by atoms with Crippen LogP contribution in [0.2, 0.25) is 0 Å². The molecular weight excluding hydrogens is 428 g/mol. The smallest absolute Gasteiger partial charge is 0.120 e. The predicted molar refractivity (Wildman–Crippen MR) is 137 cm³/mol. The fraction of sp³-hybridized carbons (Fsp3) is 0.0769. The van der Waals surface area contributed by atoms with E-state index < -0.39 is 0 Å². The van der Waals surface area contributed by atoms with Crippen LogP contribution in [0.3, 0.4) is 0 Å². The van der Waals surface area contributed by atoms with Crippen molar-refractivity contribution in [3.8, 4) is 0 Å². The third kappa shape index (κ3) is 3.29. The normalized spacial score (nSPS) is 12.7. The van der Waals surface area contributed by atoms with E-state index in [2.05, 4.69) is 12.6 Å². The maximum atomic E-state index is 4.92. The fourth-order valence-corrected chi connectivity index (χ4v) is 4.20. The molecule has 7 heteroatoms. The Morgan fingerprint density at radius 3 is 1.61 bits per heavy atom. The molecule has 0 aliphatic carbocycles. The average molecular weight is 447 g/mol. The van der Waals surface area contributed by atoms with Crippen LogP contribution in [0.1, 0.15) is 12.6 Å². The summed E-state index contributed by atoms with van der Waals surface area (Å²) in [5.41, 5.74) is 9.07. The van der Waals surface area contributed by atoms with Crippen molar-refractivity contribution in [1.29, 1.82) is 0 Å². The SMILES string of the molecule is C/C=C(\C=C/c1cnc2c(n1)c1nc3ccccc3nc1c1nc3ccccc3nc21)CS. The highest BCUT2D eigenvalue weighted by Gasteiger charge is 2.17. The van der Waals surface area contributed by atoms with Gasteiger partial charge in [0.25, 0.3) is 0 Å². The highest BCUT2D eigenvalue weighted by molar-refractivity contribution is 7.80. The van der Waals surface area contributed by atoms with Gasteiger partial charge in [-0.1, -0.05) is 36.4 Å². The van der Waals surface area contributed by atoms with Crippen LogP contribution < -0.4 is 0 Å². The molecule has 0 radical (unpaired) electrons. The number of aromatic nitrogens is 6. The van der Waals surface area contributed by atoms with Gasteiger partial charge in [-0.05, 0) is 42.8 Å². The minimum Gasteiger partial charge on any atom is -0.250 e. The van der Waals surface area contributed by atoms with Gasteiger partial charge in [0.05, 0.1) is 34.0 Å². The molecule has 0 atom stereocenters. The van der Waals surface area contributed by atoms with Gasteiger partial charge in [0.2, 0.25) is 0 Å². The number of hydrogen-bond donors (Lipinski definition) is 1. The van der Waals surface area contributed by atoms with Crippen molar-refractivity contribution in [2.75, 3.05) is 5.75 Å². The molecule has 0 fully saturated rings. The van der Waals surface area contributed by atoms with Crippen molar-refractivity contribution in [2.24, 2.45) is 0 Å². The molecule has 0 aliphatic rings. The first-order valence-electron chi connectivity index (χ1n) is 10.6. The van der Waals surface area contributed by atoms with Gasteiger partial charge in [-0.3, -0.25) is 0 Å². The molecule has 3 heterocycles. The molecule has 33 heavy (non-hydrogen) atoms. The second kappa shape index (κ2) is 7.86. The quantitative estimate of drug-likeness (QED) is 0.162. The standard InChI is InChI=1S/C26H18N6S/c1-2-15(14-33)11-12-16-13-27-21-22(28-16)24-26(32-20-10-6-5-9-19(20)30-24)25-23(21)29-17-7-3-4-8-18(17)31-25/h2-13,33H,14H2,1H3/b12-11-,15-2+. The zero-order valence-electron chi connectivity index (χ0n) is 17.8. The van der Waals surface area contributed by atoms with E-state index >= 15 is 0 Å². The lowest BCUT2D eigenvalue weighted by Crippen LogP contribution is -1.99. The van der Waals surface area contributed by atoms with Gasteiger partial charge >= 0.3 is 0 Å². The molecule has 6 rings (SSSR count). The Hall–Kier alpha value is -3.97. The maximum Gasteiger partial charge on any atom is 0.120 e. The Kier molecular flexibility index (Phi) is 4.69. The van der Waals surface area contributed by atoms with E-state index in [1.54, 1.807) is 6.20 Å². The van der Waals surface area contributed by atoms with Crippen LogP contribution in [0.5, 0.6) is 0 Å². The molecule has 3 aromatic carbocycles. The van der Waals surface area contributed by atoms with E-state index in [4.69, 9.17) is 29.9 Å². The predicted octanol–water partition coefficient (Wildman–Crippen LogP) is 5.71. The first-order chi connectivity index (χ1) is 16.2. The third-order valence-electron chi connectivity index (χ3n) is 5.63. The zero-order valence-corrected chi connectivity index (χ0v) is 18.7. The monoisotopic (exact) mass is 446 g/mol. The Bertz CT molecular complexity index is 1770. The summed E-state index contributed by atoms with van der Waals surface area (Å²) in [6, 6.07) is 15.6. The third-order valence-corrected chi connectivity index (χ3v) is 5.99. The molecular formula is C26H18N6S. The van der Waals surface area contributed by atoms with E-state index in [1.165, 1.54) is 0 Å². The molecule has 0 bridgehead atoms. The Balaban J connectivity index is 1.75. The molecule has 0 spiro atoms. The van der Waals surface area contributed by atoms with Crippen molar-refractivity contribution in [3.63, 3.8) is 0 Å². The fourth-order valence-electron chi connectivity index (χ4n) is 3.91. The van der Waals surface area contributed by atoms with Crippen molar-refractivity contribution in [1.82, 2.24) is 29.9 Å². The largest absolute Gasteiger partial charge is 0.250 e. The second-order valence-electron chi connectivity index (χ2n) is 7.67. The summed E-state index contributed by atoms with van der Waals surface area (Å²) in [6.07, 6.45) is 7.72. The molecule has 158 valence electrons. The Morgan fingerprint density at radius 2 is 1.15 bits per heavy atom. The summed E-state index contributed by atoms with van der Waals surface area (Å²) < 4.78 is 0. The van der Waals surface area contributed by atoms with E-state index in [0.29, 0.717) is 38.9 Å². The van der Waals surface area contributed by atoms with Gasteiger partial charge in [-0.25, -0.2) is 29.9 Å². The topological polar surface area (TPSA) is 77.3 Å². The number of nitrogens with zero attached hydrogens (tertiary/aromatic N) is 6. The lowest BCUT2D eigenvalue weighted by molar-refractivity contribution is 1.26. The van der Waals surface area contributed by atoms with E-state index in [9.17, 15) is 0 Å². The van der Waals surface area contributed by atoms with Crippen LogP contribution in [0.25, 0.3) is 61.2 Å². The molecule has 0 N–H and O–H groups in total. The van der Waals surface area contributed by atoms with E-state index in [-0.39, 0.29) is 0 Å². The van der Waals surface area contributed by atoms with E-state index in [1.807, 2.05) is 73.7 Å². The number of para-hydroxylation sites is 4. The minimum atomic E-state index is 0.654. The summed E-state index contributed by atoms with van der Waals surface area (Å²) in [6.45, 7) is 1.99. The highest BCUT2D eigenvalue weighted by atomic mass is 32.1. The lowest BCUT2D eigenvalue weighted by atomic mass is 10.1. The number of benzene rings is 3. The second-order valence-corrected chi connectivity index (χ2v) is 7.98.